The number of hydrogen-bond acceptors (Lipinski definition) is 4. The smallest absolute Gasteiger partial charge is 0.305 e. The van der Waals surface area contributed by atoms with Gasteiger partial charge >= 0.3 is 5.97 Å². The molecule has 0 heterocycles. The number of hydrogen-bond donors (Lipinski definition) is 1. The normalized spacial score (nSPS) is 11.5. The molecule has 0 amide bonds. The largest absolute Gasteiger partial charge is 0.494 e. The van der Waals surface area contributed by atoms with Crippen LogP contribution < -0.4 is 10.5 Å². The Balaban J connectivity index is 0.00000529. The van der Waals surface area contributed by atoms with E-state index in [2.05, 4.69) is 23.8 Å². The summed E-state index contributed by atoms with van der Waals surface area (Å²) in [6.07, 6.45) is 7.66. The van der Waals surface area contributed by atoms with Crippen LogP contribution in [0.3, 0.4) is 0 Å². The van der Waals surface area contributed by atoms with E-state index in [-0.39, 0.29) is 24.4 Å². The fourth-order valence-electron chi connectivity index (χ4n) is 2.48. The van der Waals surface area contributed by atoms with Gasteiger partial charge in [0, 0.05) is 12.5 Å². The van der Waals surface area contributed by atoms with Crippen molar-refractivity contribution >= 4 is 18.4 Å². The quantitative estimate of drug-likeness (QED) is 0.448. The Bertz CT molecular complexity index is 437. The number of carbonyl (C=O) groups excluding carboxylic acids is 1. The molecule has 0 saturated carbocycles. The Morgan fingerprint density at radius 3 is 2.42 bits per heavy atom. The molecule has 0 fully saturated rings. The highest BCUT2D eigenvalue weighted by molar-refractivity contribution is 5.85. The molecule has 0 aromatic heterocycles. The molecule has 0 aliphatic carbocycles. The Hall–Kier alpha value is -1.26. The number of benzene rings is 1. The first-order valence-corrected chi connectivity index (χ1v) is 8.69. The summed E-state index contributed by atoms with van der Waals surface area (Å²) < 4.78 is 10.2. The van der Waals surface area contributed by atoms with Crippen LogP contribution in [-0.4, -0.2) is 25.7 Å². The highest BCUT2D eigenvalue weighted by Gasteiger charge is 2.05. The minimum atomic E-state index is -0.118. The van der Waals surface area contributed by atoms with Crippen LogP contribution in [0.25, 0.3) is 0 Å². The number of unbranched alkanes of at least 4 members (excludes halogenated alkanes) is 3. The number of esters is 1. The van der Waals surface area contributed by atoms with Gasteiger partial charge in [-0.2, -0.15) is 0 Å². The molecule has 5 heteroatoms. The second-order valence-electron chi connectivity index (χ2n) is 5.99. The summed E-state index contributed by atoms with van der Waals surface area (Å²) in [5.41, 5.74) is 7.46. The molecular weight excluding hydrogens is 326 g/mol. The number of methoxy groups -OCH3 is 1. The third-order valence-corrected chi connectivity index (χ3v) is 3.83. The summed E-state index contributed by atoms with van der Waals surface area (Å²) in [4.78, 5) is 11.0. The minimum Gasteiger partial charge on any atom is -0.494 e. The average Bonchev–Trinajstić information content (AvgIpc) is 2.57. The van der Waals surface area contributed by atoms with Gasteiger partial charge in [0.1, 0.15) is 5.75 Å². The molecule has 1 aromatic carbocycles. The average molecular weight is 358 g/mol. The van der Waals surface area contributed by atoms with E-state index in [1.165, 1.54) is 12.7 Å². The van der Waals surface area contributed by atoms with Gasteiger partial charge in [-0.25, -0.2) is 0 Å². The van der Waals surface area contributed by atoms with Gasteiger partial charge in [-0.3, -0.25) is 4.79 Å². The highest BCUT2D eigenvalue weighted by atomic mass is 35.5. The van der Waals surface area contributed by atoms with Crippen LogP contribution in [0.2, 0.25) is 0 Å². The van der Waals surface area contributed by atoms with Crippen molar-refractivity contribution in [2.24, 2.45) is 5.73 Å². The number of nitrogens with two attached hydrogens (primary N) is 1. The Labute approximate surface area is 152 Å². The topological polar surface area (TPSA) is 61.5 Å². The van der Waals surface area contributed by atoms with Crippen LogP contribution in [0.4, 0.5) is 0 Å². The van der Waals surface area contributed by atoms with Gasteiger partial charge in [0.2, 0.25) is 0 Å². The zero-order chi connectivity index (χ0) is 16.9. The number of ether oxygens (including phenoxy) is 2. The van der Waals surface area contributed by atoms with Gasteiger partial charge < -0.3 is 15.2 Å². The lowest BCUT2D eigenvalue weighted by molar-refractivity contribution is -0.140. The monoisotopic (exact) mass is 357 g/mol. The molecule has 2 N–H and O–H groups in total. The third kappa shape index (κ3) is 10.5. The van der Waals surface area contributed by atoms with E-state index < -0.39 is 0 Å². The maximum Gasteiger partial charge on any atom is 0.305 e. The number of carbonyl (C=O) groups is 1. The van der Waals surface area contributed by atoms with Crippen LogP contribution in [0, 0.1) is 0 Å². The summed E-state index contributed by atoms with van der Waals surface area (Å²) in [5, 5.41) is 0. The molecule has 1 atom stereocenters. The van der Waals surface area contributed by atoms with Crippen LogP contribution >= 0.6 is 12.4 Å². The van der Waals surface area contributed by atoms with E-state index in [0.29, 0.717) is 6.42 Å². The number of rotatable bonds is 12. The van der Waals surface area contributed by atoms with Crippen molar-refractivity contribution in [1.82, 2.24) is 0 Å². The molecule has 0 aliphatic heterocycles. The molecule has 0 aliphatic rings. The van der Waals surface area contributed by atoms with Crippen molar-refractivity contribution < 1.29 is 14.3 Å². The third-order valence-electron chi connectivity index (χ3n) is 3.83. The van der Waals surface area contributed by atoms with Gasteiger partial charge in [0.15, 0.2) is 0 Å². The van der Waals surface area contributed by atoms with Crippen molar-refractivity contribution in [2.75, 3.05) is 13.7 Å². The first kappa shape index (κ1) is 22.7. The van der Waals surface area contributed by atoms with Crippen LogP contribution in [0.5, 0.6) is 5.75 Å². The summed E-state index contributed by atoms with van der Waals surface area (Å²) in [6.45, 7) is 2.86. The highest BCUT2D eigenvalue weighted by Crippen LogP contribution is 2.15. The zero-order valence-corrected chi connectivity index (χ0v) is 15.8. The molecule has 1 aromatic rings. The summed E-state index contributed by atoms with van der Waals surface area (Å²) >= 11 is 0. The predicted molar refractivity (Wildman–Crippen MR) is 101 cm³/mol. The molecule has 1 unspecified atom stereocenters. The first-order valence-electron chi connectivity index (χ1n) is 8.69. The Morgan fingerprint density at radius 1 is 1.12 bits per heavy atom. The molecule has 4 nitrogen and oxygen atoms in total. The fraction of sp³-hybridized carbons (Fsp3) is 0.632. The van der Waals surface area contributed by atoms with Gasteiger partial charge in [-0.15, -0.1) is 12.4 Å². The lowest BCUT2D eigenvalue weighted by Crippen LogP contribution is -2.22. The SMILES string of the molecule is CCCOc1ccc(CC(N)CCCCCCC(=O)OC)cc1.Cl. The maximum absolute atomic E-state index is 11.0. The van der Waals surface area contributed by atoms with Gasteiger partial charge in [-0.05, 0) is 43.4 Å². The molecule has 0 spiro atoms. The van der Waals surface area contributed by atoms with Crippen LogP contribution in [-0.2, 0) is 16.0 Å². The lowest BCUT2D eigenvalue weighted by Gasteiger charge is -2.12. The molecule has 0 radical (unpaired) electrons. The summed E-state index contributed by atoms with van der Waals surface area (Å²) in [5.74, 6) is 0.808. The van der Waals surface area contributed by atoms with Crippen LogP contribution in [0.1, 0.15) is 57.4 Å². The van der Waals surface area contributed by atoms with Gasteiger partial charge in [0.25, 0.3) is 0 Å². The molecule has 138 valence electrons. The zero-order valence-electron chi connectivity index (χ0n) is 15.0. The standard InChI is InChI=1S/C19H31NO3.ClH/c1-3-14-23-18-12-10-16(11-13-18)15-17(20)8-6-4-5-7-9-19(21)22-2;/h10-13,17H,3-9,14-15,20H2,1-2H3;1H. The molecular formula is C19H32ClNO3. The van der Waals surface area contributed by atoms with Crippen molar-refractivity contribution in [3.63, 3.8) is 0 Å². The second-order valence-corrected chi connectivity index (χ2v) is 5.99. The van der Waals surface area contributed by atoms with Crippen molar-refractivity contribution in [3.05, 3.63) is 29.8 Å². The summed E-state index contributed by atoms with van der Waals surface area (Å²) in [6, 6.07) is 8.43. The second kappa shape index (κ2) is 14.1. The minimum absolute atomic E-state index is 0. The van der Waals surface area contributed by atoms with Crippen molar-refractivity contribution in [3.8, 4) is 5.75 Å². The molecule has 0 saturated heterocycles. The van der Waals surface area contributed by atoms with Gasteiger partial charge in [-0.1, -0.05) is 38.3 Å². The predicted octanol–water partition coefficient (Wildman–Crippen LogP) is 4.28. The van der Waals surface area contributed by atoms with Crippen molar-refractivity contribution in [2.45, 2.75) is 64.3 Å². The Morgan fingerprint density at radius 2 is 1.79 bits per heavy atom. The van der Waals surface area contributed by atoms with E-state index in [1.54, 1.807) is 0 Å². The fourth-order valence-corrected chi connectivity index (χ4v) is 2.48. The van der Waals surface area contributed by atoms with E-state index >= 15 is 0 Å². The molecule has 0 bridgehead atoms. The van der Waals surface area contributed by atoms with Crippen molar-refractivity contribution in [1.29, 1.82) is 0 Å². The molecule has 24 heavy (non-hydrogen) atoms. The van der Waals surface area contributed by atoms with Gasteiger partial charge in [0.05, 0.1) is 13.7 Å². The molecule has 1 rings (SSSR count). The first-order chi connectivity index (χ1) is 11.2. The van der Waals surface area contributed by atoms with E-state index in [4.69, 9.17) is 10.5 Å². The van der Waals surface area contributed by atoms with Crippen LogP contribution in [0.15, 0.2) is 24.3 Å². The summed E-state index contributed by atoms with van der Waals surface area (Å²) in [7, 11) is 1.43. The number of halogens is 1. The van der Waals surface area contributed by atoms with E-state index in [9.17, 15) is 4.79 Å². The van der Waals surface area contributed by atoms with E-state index in [0.717, 1.165) is 57.3 Å². The van der Waals surface area contributed by atoms with E-state index in [1.807, 2.05) is 12.1 Å². The maximum atomic E-state index is 11.0. The lowest BCUT2D eigenvalue weighted by atomic mass is 10.0. The Kier molecular flexibility index (Phi) is 13.4.